The Balaban J connectivity index is 1.89. The molecule has 2 aromatic carbocycles. The van der Waals surface area contributed by atoms with Gasteiger partial charge in [-0.15, -0.1) is 0 Å². The molecule has 3 rings (SSSR count). The Labute approximate surface area is 199 Å². The number of ether oxygens (including phenoxy) is 1. The Hall–Kier alpha value is -3.02. The molecular formula is C23H30N4O6S. The zero-order valence-corrected chi connectivity index (χ0v) is 20.5. The van der Waals surface area contributed by atoms with Crippen LogP contribution in [0.15, 0.2) is 41.3 Å². The molecular weight excluding hydrogens is 460 g/mol. The van der Waals surface area contributed by atoms with Gasteiger partial charge in [0.25, 0.3) is 5.69 Å². The fraction of sp³-hybridized carbons (Fsp3) is 0.435. The van der Waals surface area contributed by atoms with Crippen molar-refractivity contribution in [2.45, 2.75) is 38.6 Å². The van der Waals surface area contributed by atoms with E-state index in [9.17, 15) is 23.3 Å². The summed E-state index contributed by atoms with van der Waals surface area (Å²) in [5.74, 6) is -0.551. The highest BCUT2D eigenvalue weighted by molar-refractivity contribution is 7.89. The lowest BCUT2D eigenvalue weighted by molar-refractivity contribution is -0.384. The van der Waals surface area contributed by atoms with Crippen LogP contribution in [0.2, 0.25) is 0 Å². The maximum Gasteiger partial charge on any atom is 0.293 e. The van der Waals surface area contributed by atoms with Gasteiger partial charge < -0.3 is 15.4 Å². The van der Waals surface area contributed by atoms with Gasteiger partial charge in [0, 0.05) is 24.8 Å². The SMILES string of the molecule is Cc1ccc(C)c(NC(=O)C(Nc2ccc(S(=O)(=O)N3CCOCC3)cc2[N+](=O)[O-])C(C)C)c1. The molecule has 34 heavy (non-hydrogen) atoms. The van der Waals surface area contributed by atoms with Crippen molar-refractivity contribution < 1.29 is 22.9 Å². The quantitative estimate of drug-likeness (QED) is 0.429. The molecule has 0 aromatic heterocycles. The predicted octanol–water partition coefficient (Wildman–Crippen LogP) is 3.31. The van der Waals surface area contributed by atoms with Crippen LogP contribution in [0.5, 0.6) is 0 Å². The van der Waals surface area contributed by atoms with Gasteiger partial charge in [-0.2, -0.15) is 4.31 Å². The number of benzene rings is 2. The Morgan fingerprint density at radius 1 is 1.09 bits per heavy atom. The summed E-state index contributed by atoms with van der Waals surface area (Å²) < 4.78 is 32.3. The van der Waals surface area contributed by atoms with E-state index < -0.39 is 26.7 Å². The van der Waals surface area contributed by atoms with Gasteiger partial charge in [-0.1, -0.05) is 26.0 Å². The van der Waals surface area contributed by atoms with Crippen LogP contribution in [0.1, 0.15) is 25.0 Å². The lowest BCUT2D eigenvalue weighted by Crippen LogP contribution is -2.40. The number of carbonyl (C=O) groups is 1. The molecule has 0 saturated carbocycles. The third kappa shape index (κ3) is 5.72. The molecule has 1 unspecified atom stereocenters. The normalized spacial score (nSPS) is 15.7. The fourth-order valence-corrected chi connectivity index (χ4v) is 5.09. The minimum atomic E-state index is -3.90. The molecule has 1 saturated heterocycles. The Bertz CT molecular complexity index is 1180. The van der Waals surface area contributed by atoms with Crippen molar-refractivity contribution in [1.29, 1.82) is 0 Å². The number of sulfonamides is 1. The van der Waals surface area contributed by atoms with Crippen molar-refractivity contribution in [3.63, 3.8) is 0 Å². The summed E-state index contributed by atoms with van der Waals surface area (Å²) in [4.78, 5) is 24.1. The van der Waals surface area contributed by atoms with E-state index in [2.05, 4.69) is 10.6 Å². The number of rotatable bonds is 8. The minimum Gasteiger partial charge on any atom is -0.379 e. The van der Waals surface area contributed by atoms with Crippen LogP contribution in [0.4, 0.5) is 17.1 Å². The summed E-state index contributed by atoms with van der Waals surface area (Å²) in [6.07, 6.45) is 0. The molecule has 1 aliphatic heterocycles. The Kier molecular flexibility index (Phi) is 7.90. The number of amides is 1. The van der Waals surface area contributed by atoms with Crippen molar-refractivity contribution >= 4 is 33.0 Å². The zero-order chi connectivity index (χ0) is 25.0. The van der Waals surface area contributed by atoms with Crippen molar-refractivity contribution in [3.05, 3.63) is 57.6 Å². The fourth-order valence-electron chi connectivity index (χ4n) is 3.66. The van der Waals surface area contributed by atoms with Crippen LogP contribution < -0.4 is 10.6 Å². The first-order valence-electron chi connectivity index (χ1n) is 11.0. The van der Waals surface area contributed by atoms with E-state index in [1.54, 1.807) is 0 Å². The summed E-state index contributed by atoms with van der Waals surface area (Å²) in [6.45, 7) is 8.36. The van der Waals surface area contributed by atoms with E-state index in [0.29, 0.717) is 5.69 Å². The van der Waals surface area contributed by atoms with Crippen molar-refractivity contribution in [2.24, 2.45) is 5.92 Å². The number of nitro benzene ring substituents is 1. The van der Waals surface area contributed by atoms with Gasteiger partial charge in [0.05, 0.1) is 23.0 Å². The second-order valence-corrected chi connectivity index (χ2v) is 10.6. The number of carbonyl (C=O) groups excluding carboxylic acids is 1. The standard InChI is InChI=1S/C23H30N4O6S/c1-15(2)22(23(28)25-20-13-16(3)5-6-17(20)4)24-19-8-7-18(14-21(19)27(29)30)34(31,32)26-9-11-33-12-10-26/h5-8,13-15,22,24H,9-12H2,1-4H3,(H,25,28). The highest BCUT2D eigenvalue weighted by atomic mass is 32.2. The average molecular weight is 491 g/mol. The number of aryl methyl sites for hydroxylation is 2. The number of nitro groups is 1. The summed E-state index contributed by atoms with van der Waals surface area (Å²) in [7, 11) is -3.90. The van der Waals surface area contributed by atoms with E-state index >= 15 is 0 Å². The van der Waals surface area contributed by atoms with Crippen LogP contribution in [-0.2, 0) is 19.6 Å². The molecule has 1 fully saturated rings. The minimum absolute atomic E-state index is 0.0701. The highest BCUT2D eigenvalue weighted by Gasteiger charge is 2.30. The maximum absolute atomic E-state index is 13.1. The third-order valence-corrected chi connectivity index (χ3v) is 7.58. The first-order chi connectivity index (χ1) is 16.0. The largest absolute Gasteiger partial charge is 0.379 e. The van der Waals surface area contributed by atoms with Crippen LogP contribution in [0.25, 0.3) is 0 Å². The number of hydrogen-bond donors (Lipinski definition) is 2. The van der Waals surface area contributed by atoms with Crippen LogP contribution >= 0.6 is 0 Å². The first-order valence-corrected chi connectivity index (χ1v) is 12.5. The maximum atomic E-state index is 13.1. The number of nitrogens with zero attached hydrogens (tertiary/aromatic N) is 2. The molecule has 0 spiro atoms. The second-order valence-electron chi connectivity index (χ2n) is 8.63. The number of morpholine rings is 1. The van der Waals surface area contributed by atoms with E-state index in [-0.39, 0.29) is 48.7 Å². The summed E-state index contributed by atoms with van der Waals surface area (Å²) in [6, 6.07) is 8.61. The first kappa shape index (κ1) is 25.6. The lowest BCUT2D eigenvalue weighted by atomic mass is 10.0. The second kappa shape index (κ2) is 10.5. The lowest BCUT2D eigenvalue weighted by Gasteiger charge is -2.26. The van der Waals surface area contributed by atoms with Crippen LogP contribution in [0.3, 0.4) is 0 Å². The molecule has 1 heterocycles. The van der Waals surface area contributed by atoms with E-state index in [1.807, 2.05) is 45.9 Å². The zero-order valence-electron chi connectivity index (χ0n) is 19.7. The smallest absolute Gasteiger partial charge is 0.293 e. The summed E-state index contributed by atoms with van der Waals surface area (Å²) in [5, 5.41) is 17.7. The monoisotopic (exact) mass is 490 g/mol. The molecule has 1 amide bonds. The molecule has 1 aliphatic rings. The van der Waals surface area contributed by atoms with Gasteiger partial charge >= 0.3 is 0 Å². The van der Waals surface area contributed by atoms with Gasteiger partial charge in [-0.25, -0.2) is 8.42 Å². The molecule has 0 bridgehead atoms. The molecule has 11 heteroatoms. The summed E-state index contributed by atoms with van der Waals surface area (Å²) >= 11 is 0. The molecule has 0 radical (unpaired) electrons. The molecule has 1 atom stereocenters. The van der Waals surface area contributed by atoms with Gasteiger partial charge in [0.1, 0.15) is 11.7 Å². The number of nitrogens with one attached hydrogen (secondary N) is 2. The predicted molar refractivity (Wildman–Crippen MR) is 129 cm³/mol. The topological polar surface area (TPSA) is 131 Å². The summed E-state index contributed by atoms with van der Waals surface area (Å²) in [5.41, 5.74) is 2.20. The Morgan fingerprint density at radius 2 is 1.76 bits per heavy atom. The van der Waals surface area contributed by atoms with Gasteiger partial charge in [-0.05, 0) is 49.1 Å². The molecule has 10 nitrogen and oxygen atoms in total. The van der Waals surface area contributed by atoms with Gasteiger partial charge in [0.2, 0.25) is 15.9 Å². The third-order valence-electron chi connectivity index (χ3n) is 5.68. The highest BCUT2D eigenvalue weighted by Crippen LogP contribution is 2.31. The number of anilines is 2. The van der Waals surface area contributed by atoms with Crippen molar-refractivity contribution in [3.8, 4) is 0 Å². The van der Waals surface area contributed by atoms with Gasteiger partial charge in [0.15, 0.2) is 0 Å². The van der Waals surface area contributed by atoms with E-state index in [1.165, 1.54) is 16.4 Å². The van der Waals surface area contributed by atoms with Crippen molar-refractivity contribution in [2.75, 3.05) is 36.9 Å². The van der Waals surface area contributed by atoms with Crippen LogP contribution in [-0.4, -0.2) is 55.9 Å². The van der Waals surface area contributed by atoms with E-state index in [0.717, 1.165) is 17.2 Å². The number of hydrogen-bond acceptors (Lipinski definition) is 7. The Morgan fingerprint density at radius 3 is 2.38 bits per heavy atom. The molecule has 2 N–H and O–H groups in total. The van der Waals surface area contributed by atoms with Crippen LogP contribution in [0, 0.1) is 29.9 Å². The molecule has 184 valence electrons. The average Bonchev–Trinajstić information content (AvgIpc) is 2.80. The van der Waals surface area contributed by atoms with Gasteiger partial charge in [-0.3, -0.25) is 14.9 Å². The molecule has 0 aliphatic carbocycles. The van der Waals surface area contributed by atoms with Crippen molar-refractivity contribution in [1.82, 2.24) is 4.31 Å². The molecule has 2 aromatic rings. The van der Waals surface area contributed by atoms with E-state index in [4.69, 9.17) is 4.74 Å².